The summed E-state index contributed by atoms with van der Waals surface area (Å²) in [6.45, 7) is 4.16. The van der Waals surface area contributed by atoms with Crippen molar-refractivity contribution >= 4 is 28.5 Å². The minimum atomic E-state index is -0.498. The van der Waals surface area contributed by atoms with Crippen LogP contribution in [0.5, 0.6) is 0 Å². The highest BCUT2D eigenvalue weighted by molar-refractivity contribution is 6.32. The highest BCUT2D eigenvalue weighted by Crippen LogP contribution is 2.38. The standard InChI is InChI=1S/C19H15ClN2O3/c1-3-22-16(11-5-4-6-21-9-11)15-17(23)12-8-13(20)10(2)7-14(12)25-18(15)19(22)24/h4-9,16H,3H2,1-2H3. The van der Waals surface area contributed by atoms with E-state index in [0.29, 0.717) is 28.1 Å². The van der Waals surface area contributed by atoms with Crippen LogP contribution in [0.3, 0.4) is 0 Å². The maximum Gasteiger partial charge on any atom is 0.290 e. The number of nitrogens with zero attached hydrogens (tertiary/aromatic N) is 2. The average Bonchev–Trinajstić information content (AvgIpc) is 2.90. The van der Waals surface area contributed by atoms with E-state index in [2.05, 4.69) is 4.98 Å². The van der Waals surface area contributed by atoms with Gasteiger partial charge in [0.25, 0.3) is 5.91 Å². The van der Waals surface area contributed by atoms with Crippen molar-refractivity contribution in [1.29, 1.82) is 0 Å². The lowest BCUT2D eigenvalue weighted by atomic mass is 9.99. The van der Waals surface area contributed by atoms with Gasteiger partial charge in [0.05, 0.1) is 17.0 Å². The second-order valence-corrected chi connectivity index (χ2v) is 6.46. The number of hydrogen-bond donors (Lipinski definition) is 0. The molecule has 4 rings (SSSR count). The fourth-order valence-corrected chi connectivity index (χ4v) is 3.51. The molecule has 126 valence electrons. The summed E-state index contributed by atoms with van der Waals surface area (Å²) in [5, 5.41) is 0.878. The molecule has 1 amide bonds. The van der Waals surface area contributed by atoms with Crippen LogP contribution < -0.4 is 5.43 Å². The highest BCUT2D eigenvalue weighted by atomic mass is 35.5. The molecule has 1 aliphatic rings. The number of pyridine rings is 1. The van der Waals surface area contributed by atoms with Crippen LogP contribution in [0.2, 0.25) is 5.02 Å². The lowest BCUT2D eigenvalue weighted by Gasteiger charge is -2.22. The van der Waals surface area contributed by atoms with Crippen LogP contribution in [0.1, 0.15) is 40.2 Å². The Kier molecular flexibility index (Phi) is 3.62. The van der Waals surface area contributed by atoms with Gasteiger partial charge in [0, 0.05) is 24.0 Å². The highest BCUT2D eigenvalue weighted by Gasteiger charge is 2.42. The van der Waals surface area contributed by atoms with Gasteiger partial charge in [-0.25, -0.2) is 0 Å². The van der Waals surface area contributed by atoms with Crippen LogP contribution >= 0.6 is 11.6 Å². The molecule has 0 saturated heterocycles. The number of aromatic nitrogens is 1. The minimum Gasteiger partial charge on any atom is -0.450 e. The van der Waals surface area contributed by atoms with E-state index in [1.165, 1.54) is 0 Å². The van der Waals surface area contributed by atoms with Crippen molar-refractivity contribution in [2.45, 2.75) is 19.9 Å². The zero-order chi connectivity index (χ0) is 17.7. The van der Waals surface area contributed by atoms with Gasteiger partial charge < -0.3 is 9.32 Å². The zero-order valence-electron chi connectivity index (χ0n) is 13.7. The third-order valence-corrected chi connectivity index (χ3v) is 4.99. The van der Waals surface area contributed by atoms with Crippen molar-refractivity contribution in [2.24, 2.45) is 0 Å². The van der Waals surface area contributed by atoms with E-state index in [1.807, 2.05) is 19.9 Å². The average molecular weight is 355 g/mol. The van der Waals surface area contributed by atoms with Gasteiger partial charge in [0.15, 0.2) is 5.43 Å². The SMILES string of the molecule is CCN1C(=O)c2oc3cc(C)c(Cl)cc3c(=O)c2C1c1cccnc1. The van der Waals surface area contributed by atoms with Crippen molar-refractivity contribution in [3.63, 3.8) is 0 Å². The first-order chi connectivity index (χ1) is 12.0. The van der Waals surface area contributed by atoms with Crippen molar-refractivity contribution < 1.29 is 9.21 Å². The second kappa shape index (κ2) is 5.70. The van der Waals surface area contributed by atoms with Crippen LogP contribution in [-0.2, 0) is 0 Å². The maximum absolute atomic E-state index is 13.2. The summed E-state index contributed by atoms with van der Waals surface area (Å²) in [6, 6.07) is 6.45. The number of halogens is 1. The Morgan fingerprint density at radius 3 is 2.80 bits per heavy atom. The Morgan fingerprint density at radius 2 is 2.12 bits per heavy atom. The van der Waals surface area contributed by atoms with Crippen molar-refractivity contribution in [3.05, 3.63) is 74.4 Å². The topological polar surface area (TPSA) is 63.4 Å². The quantitative estimate of drug-likeness (QED) is 0.703. The Morgan fingerprint density at radius 1 is 1.32 bits per heavy atom. The van der Waals surface area contributed by atoms with E-state index in [4.69, 9.17) is 16.0 Å². The van der Waals surface area contributed by atoms with Gasteiger partial charge in [-0.05, 0) is 43.2 Å². The lowest BCUT2D eigenvalue weighted by Crippen LogP contribution is -2.29. The molecule has 0 spiro atoms. The summed E-state index contributed by atoms with van der Waals surface area (Å²) < 4.78 is 5.85. The molecule has 3 heterocycles. The van der Waals surface area contributed by atoms with Crippen molar-refractivity contribution in [3.8, 4) is 0 Å². The second-order valence-electron chi connectivity index (χ2n) is 6.05. The summed E-state index contributed by atoms with van der Waals surface area (Å²) in [5.41, 5.74) is 2.07. The molecule has 2 aromatic heterocycles. The number of carbonyl (C=O) groups is 1. The van der Waals surface area contributed by atoms with E-state index in [1.54, 1.807) is 35.5 Å². The molecule has 0 aliphatic carbocycles. The number of hydrogen-bond acceptors (Lipinski definition) is 4. The van der Waals surface area contributed by atoms with Crippen LogP contribution in [-0.4, -0.2) is 22.3 Å². The number of benzene rings is 1. The van der Waals surface area contributed by atoms with E-state index in [0.717, 1.165) is 11.1 Å². The smallest absolute Gasteiger partial charge is 0.290 e. The molecular formula is C19H15ClN2O3. The molecule has 0 saturated carbocycles. The molecule has 6 heteroatoms. The number of rotatable bonds is 2. The largest absolute Gasteiger partial charge is 0.450 e. The molecule has 1 atom stereocenters. The summed E-state index contributed by atoms with van der Waals surface area (Å²) in [6.07, 6.45) is 3.32. The minimum absolute atomic E-state index is 0.106. The van der Waals surface area contributed by atoms with Crippen LogP contribution in [0.25, 0.3) is 11.0 Å². The monoisotopic (exact) mass is 354 g/mol. The Bertz CT molecular complexity index is 1060. The molecular weight excluding hydrogens is 340 g/mol. The number of aryl methyl sites for hydroxylation is 1. The van der Waals surface area contributed by atoms with E-state index in [9.17, 15) is 9.59 Å². The fourth-order valence-electron chi connectivity index (χ4n) is 3.35. The van der Waals surface area contributed by atoms with Gasteiger partial charge >= 0.3 is 0 Å². The molecule has 1 aromatic carbocycles. The normalized spacial score (nSPS) is 16.5. The van der Waals surface area contributed by atoms with E-state index >= 15 is 0 Å². The lowest BCUT2D eigenvalue weighted by molar-refractivity contribution is 0.0737. The fraction of sp³-hybridized carbons (Fsp3) is 0.211. The summed E-state index contributed by atoms with van der Waals surface area (Å²) in [5.74, 6) is -0.173. The van der Waals surface area contributed by atoms with Crippen LogP contribution in [0, 0.1) is 6.92 Å². The van der Waals surface area contributed by atoms with Crippen LogP contribution in [0.4, 0.5) is 0 Å². The first kappa shape index (κ1) is 15.8. The predicted octanol–water partition coefficient (Wildman–Crippen LogP) is 3.71. The molecule has 0 radical (unpaired) electrons. The van der Waals surface area contributed by atoms with Gasteiger partial charge in [-0.2, -0.15) is 0 Å². The molecule has 1 aliphatic heterocycles. The number of fused-ring (bicyclic) bond motifs is 2. The summed E-state index contributed by atoms with van der Waals surface area (Å²) in [7, 11) is 0. The Hall–Kier alpha value is -2.66. The Balaban J connectivity index is 2.06. The third-order valence-electron chi connectivity index (χ3n) is 4.59. The number of carbonyl (C=O) groups excluding carboxylic acids is 1. The molecule has 0 fully saturated rings. The van der Waals surface area contributed by atoms with Gasteiger partial charge in [-0.3, -0.25) is 14.6 Å². The van der Waals surface area contributed by atoms with Crippen molar-refractivity contribution in [1.82, 2.24) is 9.88 Å². The third kappa shape index (κ3) is 2.27. The summed E-state index contributed by atoms with van der Waals surface area (Å²) in [4.78, 5) is 31.7. The molecule has 0 N–H and O–H groups in total. The van der Waals surface area contributed by atoms with Gasteiger partial charge in [0.2, 0.25) is 5.76 Å². The first-order valence-corrected chi connectivity index (χ1v) is 8.38. The van der Waals surface area contributed by atoms with Gasteiger partial charge in [0.1, 0.15) is 5.58 Å². The maximum atomic E-state index is 13.2. The molecule has 5 nitrogen and oxygen atoms in total. The van der Waals surface area contributed by atoms with Crippen molar-refractivity contribution in [2.75, 3.05) is 6.54 Å². The first-order valence-electron chi connectivity index (χ1n) is 8.00. The van der Waals surface area contributed by atoms with Crippen LogP contribution in [0.15, 0.2) is 45.9 Å². The predicted molar refractivity (Wildman–Crippen MR) is 95.0 cm³/mol. The zero-order valence-corrected chi connectivity index (χ0v) is 14.5. The molecule has 3 aromatic rings. The van der Waals surface area contributed by atoms with Gasteiger partial charge in [-0.1, -0.05) is 17.7 Å². The molecule has 1 unspecified atom stereocenters. The van der Waals surface area contributed by atoms with Gasteiger partial charge in [-0.15, -0.1) is 0 Å². The van der Waals surface area contributed by atoms with E-state index in [-0.39, 0.29) is 17.1 Å². The summed E-state index contributed by atoms with van der Waals surface area (Å²) >= 11 is 6.18. The Labute approximate surface area is 148 Å². The molecule has 25 heavy (non-hydrogen) atoms. The van der Waals surface area contributed by atoms with E-state index < -0.39 is 6.04 Å². The molecule has 0 bridgehead atoms. The number of amides is 1.